The van der Waals surface area contributed by atoms with Crippen molar-refractivity contribution in [2.45, 2.75) is 219 Å². The summed E-state index contributed by atoms with van der Waals surface area (Å²) < 4.78 is 32.6. The lowest BCUT2D eigenvalue weighted by molar-refractivity contribution is -0.161. The van der Waals surface area contributed by atoms with Crippen LogP contribution in [0.2, 0.25) is 0 Å². The molecule has 11 nitrogen and oxygen atoms in total. The quantitative estimate of drug-likeness (QED) is 0.0233. The molecule has 0 aliphatic carbocycles. The van der Waals surface area contributed by atoms with Gasteiger partial charge in [0.05, 0.1) is 13.2 Å². The molecule has 0 amide bonds. The number of ether oxygens (including phenoxy) is 2. The molecule has 0 rings (SSSR count). The number of nitrogens with two attached hydrogens (primary N) is 1. The van der Waals surface area contributed by atoms with Crippen LogP contribution in [0.4, 0.5) is 0 Å². The van der Waals surface area contributed by atoms with Gasteiger partial charge in [0.1, 0.15) is 12.6 Å². The number of unbranched alkanes of at least 4 members (excludes halogenated alkanes) is 25. The van der Waals surface area contributed by atoms with Gasteiger partial charge in [0.2, 0.25) is 0 Å². The topological polar surface area (TPSA) is 172 Å². The van der Waals surface area contributed by atoms with Gasteiger partial charge in [-0.1, -0.05) is 180 Å². The molecule has 3 atom stereocenters. The molecule has 0 aromatic rings. The largest absolute Gasteiger partial charge is 0.480 e. The first-order valence-corrected chi connectivity index (χ1v) is 23.2. The number of aliphatic carboxylic acids is 1. The van der Waals surface area contributed by atoms with Gasteiger partial charge >= 0.3 is 25.7 Å². The van der Waals surface area contributed by atoms with E-state index in [0.717, 1.165) is 32.1 Å². The molecule has 0 aromatic heterocycles. The van der Waals surface area contributed by atoms with E-state index < -0.39 is 51.1 Å². The predicted molar refractivity (Wildman–Crippen MR) is 217 cm³/mol. The van der Waals surface area contributed by atoms with E-state index in [-0.39, 0.29) is 19.4 Å². The molecule has 54 heavy (non-hydrogen) atoms. The van der Waals surface area contributed by atoms with Crippen molar-refractivity contribution in [1.29, 1.82) is 0 Å². The van der Waals surface area contributed by atoms with Gasteiger partial charge in [-0.3, -0.25) is 23.4 Å². The summed E-state index contributed by atoms with van der Waals surface area (Å²) in [4.78, 5) is 45.9. The molecule has 0 radical (unpaired) electrons. The molecule has 0 bridgehead atoms. The Kier molecular flexibility index (Phi) is 36.9. The van der Waals surface area contributed by atoms with E-state index in [4.69, 9.17) is 24.8 Å². The lowest BCUT2D eigenvalue weighted by Gasteiger charge is -2.20. The predicted octanol–water partition coefficient (Wildman–Crippen LogP) is 11.3. The fourth-order valence-corrected chi connectivity index (χ4v) is 6.86. The molecule has 0 heterocycles. The minimum Gasteiger partial charge on any atom is -0.480 e. The normalized spacial score (nSPS) is 13.9. The Bertz CT molecular complexity index is 979. The van der Waals surface area contributed by atoms with Crippen LogP contribution in [0.3, 0.4) is 0 Å². The average molecular weight is 790 g/mol. The lowest BCUT2D eigenvalue weighted by atomic mass is 10.0. The second kappa shape index (κ2) is 38.1. The molecule has 12 heteroatoms. The maximum Gasteiger partial charge on any atom is 0.472 e. The zero-order valence-corrected chi connectivity index (χ0v) is 35.2. The van der Waals surface area contributed by atoms with Crippen LogP contribution in [-0.2, 0) is 37.5 Å². The fraction of sp³-hybridized carbons (Fsp3) is 0.881. The highest BCUT2D eigenvalue weighted by Crippen LogP contribution is 2.43. The van der Waals surface area contributed by atoms with Crippen LogP contribution >= 0.6 is 7.82 Å². The maximum atomic E-state index is 12.6. The smallest absolute Gasteiger partial charge is 0.472 e. The number of allylic oxidation sites excluding steroid dienone is 2. The van der Waals surface area contributed by atoms with E-state index in [1.165, 1.54) is 135 Å². The van der Waals surface area contributed by atoms with E-state index in [1.54, 1.807) is 0 Å². The Morgan fingerprint density at radius 1 is 0.556 bits per heavy atom. The monoisotopic (exact) mass is 790 g/mol. The highest BCUT2D eigenvalue weighted by atomic mass is 31.2. The van der Waals surface area contributed by atoms with Gasteiger partial charge in [0, 0.05) is 12.8 Å². The molecule has 0 aliphatic rings. The Morgan fingerprint density at radius 3 is 1.43 bits per heavy atom. The van der Waals surface area contributed by atoms with Gasteiger partial charge in [0.25, 0.3) is 0 Å². The van der Waals surface area contributed by atoms with Gasteiger partial charge in [0.15, 0.2) is 6.10 Å². The van der Waals surface area contributed by atoms with E-state index in [2.05, 4.69) is 24.4 Å². The summed E-state index contributed by atoms with van der Waals surface area (Å²) in [5.41, 5.74) is 5.33. The van der Waals surface area contributed by atoms with Crippen LogP contribution in [0.25, 0.3) is 0 Å². The molecule has 4 N–H and O–H groups in total. The van der Waals surface area contributed by atoms with Gasteiger partial charge in [-0.2, -0.15) is 0 Å². The Balaban J connectivity index is 4.37. The number of esters is 2. The summed E-state index contributed by atoms with van der Waals surface area (Å²) in [6.07, 6.45) is 37.2. The Morgan fingerprint density at radius 2 is 0.963 bits per heavy atom. The Hall–Kier alpha value is -1.78. The Labute approximate surface area is 328 Å². The summed E-state index contributed by atoms with van der Waals surface area (Å²) in [5.74, 6) is -2.43. The summed E-state index contributed by atoms with van der Waals surface area (Å²) in [7, 11) is -4.72. The first-order chi connectivity index (χ1) is 26.1. The van der Waals surface area contributed by atoms with Crippen LogP contribution in [0.15, 0.2) is 12.2 Å². The first-order valence-electron chi connectivity index (χ1n) is 21.7. The standard InChI is InChI=1S/C42H80NO10P/c1-3-5-7-9-11-13-15-17-18-19-20-22-24-26-28-30-32-34-41(45)53-38(36-51-54(48,49)52-37-39(43)42(46)47)35-50-40(44)33-31-29-27-25-23-21-16-14-12-10-8-6-4-2/h28,30,38-39H,3-27,29,31-37,43H2,1-2H3,(H,46,47)(H,48,49)/b30-28-. The van der Waals surface area contributed by atoms with E-state index in [0.29, 0.717) is 12.8 Å². The highest BCUT2D eigenvalue weighted by molar-refractivity contribution is 7.47. The molecule has 0 saturated heterocycles. The third-order valence-electron chi connectivity index (χ3n) is 9.53. The highest BCUT2D eigenvalue weighted by Gasteiger charge is 2.28. The van der Waals surface area contributed by atoms with Gasteiger partial charge < -0.3 is 25.2 Å². The van der Waals surface area contributed by atoms with E-state index in [1.807, 2.05) is 6.08 Å². The number of hydrogen-bond donors (Lipinski definition) is 3. The van der Waals surface area contributed by atoms with Crippen molar-refractivity contribution in [1.82, 2.24) is 0 Å². The van der Waals surface area contributed by atoms with Gasteiger partial charge in [-0.05, 0) is 25.7 Å². The first kappa shape index (κ1) is 52.2. The number of phosphoric acid groups is 1. The number of carboxylic acid groups (broad SMARTS) is 1. The summed E-state index contributed by atoms with van der Waals surface area (Å²) >= 11 is 0. The van der Waals surface area contributed by atoms with Crippen LogP contribution in [0, 0.1) is 0 Å². The summed E-state index contributed by atoms with van der Waals surface area (Å²) in [6, 6.07) is -1.52. The molecular formula is C42H80NO10P. The van der Waals surface area contributed by atoms with Crippen LogP contribution in [-0.4, -0.2) is 59.9 Å². The lowest BCUT2D eigenvalue weighted by Crippen LogP contribution is -2.34. The second-order valence-corrected chi connectivity index (χ2v) is 16.3. The number of carboxylic acids is 1. The van der Waals surface area contributed by atoms with Crippen molar-refractivity contribution < 1.29 is 47.5 Å². The third kappa shape index (κ3) is 37.2. The van der Waals surface area contributed by atoms with Crippen molar-refractivity contribution in [2.75, 3.05) is 19.8 Å². The van der Waals surface area contributed by atoms with E-state index in [9.17, 15) is 23.8 Å². The summed E-state index contributed by atoms with van der Waals surface area (Å²) in [5, 5.41) is 8.88. The third-order valence-corrected chi connectivity index (χ3v) is 10.5. The zero-order valence-electron chi connectivity index (χ0n) is 34.3. The van der Waals surface area contributed by atoms with Crippen molar-refractivity contribution in [3.05, 3.63) is 12.2 Å². The van der Waals surface area contributed by atoms with E-state index >= 15 is 0 Å². The fourth-order valence-electron chi connectivity index (χ4n) is 6.08. The maximum absolute atomic E-state index is 12.6. The van der Waals surface area contributed by atoms with Gasteiger partial charge in [-0.15, -0.1) is 0 Å². The molecule has 3 unspecified atom stereocenters. The minimum absolute atomic E-state index is 0.0826. The number of hydrogen-bond acceptors (Lipinski definition) is 9. The zero-order chi connectivity index (χ0) is 40.0. The number of carbonyl (C=O) groups excluding carboxylic acids is 2. The molecule has 0 fully saturated rings. The van der Waals surface area contributed by atoms with Crippen LogP contribution in [0.5, 0.6) is 0 Å². The van der Waals surface area contributed by atoms with Crippen molar-refractivity contribution in [3.8, 4) is 0 Å². The van der Waals surface area contributed by atoms with Crippen LogP contribution < -0.4 is 5.73 Å². The molecule has 0 aromatic carbocycles. The second-order valence-electron chi connectivity index (χ2n) is 14.8. The molecular weight excluding hydrogens is 709 g/mol. The molecule has 0 spiro atoms. The molecule has 0 aliphatic heterocycles. The number of carbonyl (C=O) groups is 3. The van der Waals surface area contributed by atoms with Gasteiger partial charge in [-0.25, -0.2) is 4.57 Å². The summed E-state index contributed by atoms with van der Waals surface area (Å²) in [6.45, 7) is 2.78. The van der Waals surface area contributed by atoms with Crippen LogP contribution in [0.1, 0.15) is 206 Å². The number of phosphoric ester groups is 1. The SMILES string of the molecule is CCCCCCCCCCCCCCC/C=C\CCC(=O)OC(COC(=O)CCCCCCCCCCCCCCC)COP(=O)(O)OCC(N)C(=O)O. The minimum atomic E-state index is -4.72. The molecule has 0 saturated carbocycles. The average Bonchev–Trinajstić information content (AvgIpc) is 3.14. The van der Waals surface area contributed by atoms with Crippen molar-refractivity contribution >= 4 is 25.7 Å². The number of rotatable bonds is 41. The molecule has 318 valence electrons. The van der Waals surface area contributed by atoms with Crippen molar-refractivity contribution in [2.24, 2.45) is 5.73 Å². The van der Waals surface area contributed by atoms with Crippen molar-refractivity contribution in [3.63, 3.8) is 0 Å².